The lowest BCUT2D eigenvalue weighted by Crippen LogP contribution is -2.48. The summed E-state index contributed by atoms with van der Waals surface area (Å²) < 4.78 is 10.8. The number of carbonyl (C=O) groups is 1. The molecule has 1 amide bonds. The maximum absolute atomic E-state index is 11.7. The standard InChI is InChI=1S/C12H24N2O3/c1-8(2)11(13)12(15)14-9(3)6-17-10-4-5-16-7-10/h8-11H,4-7,13H2,1-3H3,(H,14,15)/t9?,10?,11-/m0/s1. The number of nitrogens with one attached hydrogen (secondary N) is 1. The summed E-state index contributed by atoms with van der Waals surface area (Å²) in [6.07, 6.45) is 1.11. The number of ether oxygens (including phenoxy) is 2. The maximum Gasteiger partial charge on any atom is 0.237 e. The third-order valence-electron chi connectivity index (χ3n) is 2.88. The van der Waals surface area contributed by atoms with Crippen molar-refractivity contribution in [1.29, 1.82) is 0 Å². The Kier molecular flexibility index (Phi) is 5.88. The molecule has 1 fully saturated rings. The number of amides is 1. The molecule has 0 aromatic carbocycles. The van der Waals surface area contributed by atoms with Crippen LogP contribution in [0.15, 0.2) is 0 Å². The lowest BCUT2D eigenvalue weighted by atomic mass is 10.0. The van der Waals surface area contributed by atoms with Gasteiger partial charge < -0.3 is 20.5 Å². The van der Waals surface area contributed by atoms with E-state index in [1.54, 1.807) is 0 Å². The second-order valence-corrected chi connectivity index (χ2v) is 5.00. The molecule has 2 unspecified atom stereocenters. The van der Waals surface area contributed by atoms with Crippen LogP contribution in [0.3, 0.4) is 0 Å². The Morgan fingerprint density at radius 2 is 2.24 bits per heavy atom. The van der Waals surface area contributed by atoms with E-state index in [-0.39, 0.29) is 24.0 Å². The van der Waals surface area contributed by atoms with Gasteiger partial charge in [0.2, 0.25) is 5.91 Å². The lowest BCUT2D eigenvalue weighted by Gasteiger charge is -2.20. The summed E-state index contributed by atoms with van der Waals surface area (Å²) in [7, 11) is 0. The van der Waals surface area contributed by atoms with Crippen molar-refractivity contribution in [3.63, 3.8) is 0 Å². The summed E-state index contributed by atoms with van der Waals surface area (Å²) in [6.45, 7) is 7.71. The molecule has 0 aromatic heterocycles. The largest absolute Gasteiger partial charge is 0.379 e. The van der Waals surface area contributed by atoms with E-state index in [0.717, 1.165) is 13.0 Å². The average molecular weight is 244 g/mol. The van der Waals surface area contributed by atoms with Crippen molar-refractivity contribution in [2.24, 2.45) is 11.7 Å². The lowest BCUT2D eigenvalue weighted by molar-refractivity contribution is -0.124. The fourth-order valence-corrected chi connectivity index (χ4v) is 1.61. The molecule has 0 spiro atoms. The molecule has 0 radical (unpaired) electrons. The van der Waals surface area contributed by atoms with Crippen molar-refractivity contribution < 1.29 is 14.3 Å². The highest BCUT2D eigenvalue weighted by molar-refractivity contribution is 5.81. The second kappa shape index (κ2) is 6.93. The van der Waals surface area contributed by atoms with Crippen LogP contribution in [0.1, 0.15) is 27.2 Å². The molecule has 1 heterocycles. The molecule has 100 valence electrons. The molecule has 17 heavy (non-hydrogen) atoms. The zero-order valence-corrected chi connectivity index (χ0v) is 10.9. The number of rotatable bonds is 6. The summed E-state index contributed by atoms with van der Waals surface area (Å²) in [5, 5.41) is 2.86. The first kappa shape index (κ1) is 14.4. The Hall–Kier alpha value is -0.650. The third kappa shape index (κ3) is 5.02. The van der Waals surface area contributed by atoms with Gasteiger partial charge in [-0.2, -0.15) is 0 Å². The van der Waals surface area contributed by atoms with Gasteiger partial charge in [-0.25, -0.2) is 0 Å². The molecule has 5 heteroatoms. The number of hydrogen-bond donors (Lipinski definition) is 2. The normalized spacial score (nSPS) is 23.7. The molecule has 3 N–H and O–H groups in total. The first-order valence-corrected chi connectivity index (χ1v) is 6.26. The fourth-order valence-electron chi connectivity index (χ4n) is 1.61. The molecule has 1 saturated heterocycles. The molecule has 5 nitrogen and oxygen atoms in total. The van der Waals surface area contributed by atoms with Gasteiger partial charge in [-0.1, -0.05) is 13.8 Å². The van der Waals surface area contributed by atoms with Gasteiger partial charge in [0.25, 0.3) is 0 Å². The van der Waals surface area contributed by atoms with Crippen LogP contribution >= 0.6 is 0 Å². The topological polar surface area (TPSA) is 73.6 Å². The van der Waals surface area contributed by atoms with E-state index in [1.807, 2.05) is 20.8 Å². The minimum absolute atomic E-state index is 0.0205. The zero-order valence-electron chi connectivity index (χ0n) is 10.9. The van der Waals surface area contributed by atoms with Crippen molar-refractivity contribution in [3.05, 3.63) is 0 Å². The van der Waals surface area contributed by atoms with E-state index >= 15 is 0 Å². The Labute approximate surface area is 103 Å². The van der Waals surface area contributed by atoms with Crippen LogP contribution in [0, 0.1) is 5.92 Å². The van der Waals surface area contributed by atoms with Crippen LogP contribution in [0.2, 0.25) is 0 Å². The Balaban J connectivity index is 2.19. The SMILES string of the molecule is CC(COC1CCOC1)NC(=O)[C@@H](N)C(C)C. The fraction of sp³-hybridized carbons (Fsp3) is 0.917. The van der Waals surface area contributed by atoms with Crippen LogP contribution in [0.4, 0.5) is 0 Å². The smallest absolute Gasteiger partial charge is 0.237 e. The van der Waals surface area contributed by atoms with Gasteiger partial charge >= 0.3 is 0 Å². The Bertz CT molecular complexity index is 240. The molecule has 0 aliphatic carbocycles. The van der Waals surface area contributed by atoms with Crippen molar-refractivity contribution >= 4 is 5.91 Å². The van der Waals surface area contributed by atoms with Gasteiger partial charge in [0.15, 0.2) is 0 Å². The van der Waals surface area contributed by atoms with Gasteiger partial charge in [0.1, 0.15) is 0 Å². The van der Waals surface area contributed by atoms with Crippen molar-refractivity contribution in [1.82, 2.24) is 5.32 Å². The molecular formula is C12H24N2O3. The molecule has 3 atom stereocenters. The summed E-state index contributed by atoms with van der Waals surface area (Å²) in [5.74, 6) is 0.0325. The minimum atomic E-state index is -0.452. The van der Waals surface area contributed by atoms with Gasteiger partial charge in [0, 0.05) is 12.6 Å². The van der Waals surface area contributed by atoms with E-state index in [9.17, 15) is 4.79 Å². The van der Waals surface area contributed by atoms with Gasteiger partial charge in [-0.15, -0.1) is 0 Å². The summed E-state index contributed by atoms with van der Waals surface area (Å²) >= 11 is 0. The van der Waals surface area contributed by atoms with Crippen LogP contribution < -0.4 is 11.1 Å². The molecular weight excluding hydrogens is 220 g/mol. The van der Waals surface area contributed by atoms with Gasteiger partial charge in [0.05, 0.1) is 25.4 Å². The van der Waals surface area contributed by atoms with Crippen molar-refractivity contribution in [3.8, 4) is 0 Å². The quantitative estimate of drug-likeness (QED) is 0.704. The monoisotopic (exact) mass is 244 g/mol. The zero-order chi connectivity index (χ0) is 12.8. The molecule has 0 saturated carbocycles. The van der Waals surface area contributed by atoms with Crippen LogP contribution in [-0.4, -0.2) is 43.9 Å². The highest BCUT2D eigenvalue weighted by Crippen LogP contribution is 2.08. The van der Waals surface area contributed by atoms with E-state index < -0.39 is 6.04 Å². The summed E-state index contributed by atoms with van der Waals surface area (Å²) in [4.78, 5) is 11.7. The molecule has 1 rings (SSSR count). The first-order valence-electron chi connectivity index (χ1n) is 6.26. The maximum atomic E-state index is 11.7. The Morgan fingerprint density at radius 1 is 1.53 bits per heavy atom. The summed E-state index contributed by atoms with van der Waals surface area (Å²) in [6, 6.07) is -0.472. The van der Waals surface area contributed by atoms with Crippen LogP contribution in [-0.2, 0) is 14.3 Å². The third-order valence-corrected chi connectivity index (χ3v) is 2.88. The highest BCUT2D eigenvalue weighted by Gasteiger charge is 2.20. The van der Waals surface area contributed by atoms with E-state index in [1.165, 1.54) is 0 Å². The van der Waals surface area contributed by atoms with Crippen LogP contribution in [0.25, 0.3) is 0 Å². The van der Waals surface area contributed by atoms with Gasteiger partial charge in [-0.05, 0) is 19.3 Å². The van der Waals surface area contributed by atoms with Crippen molar-refractivity contribution in [2.45, 2.75) is 45.4 Å². The summed E-state index contributed by atoms with van der Waals surface area (Å²) in [5.41, 5.74) is 5.75. The average Bonchev–Trinajstić information content (AvgIpc) is 2.77. The molecule has 0 aromatic rings. The first-order chi connectivity index (χ1) is 8.00. The Morgan fingerprint density at radius 3 is 2.76 bits per heavy atom. The predicted molar refractivity (Wildman–Crippen MR) is 65.6 cm³/mol. The number of hydrogen-bond acceptors (Lipinski definition) is 4. The molecule has 0 bridgehead atoms. The predicted octanol–water partition coefficient (Wildman–Crippen LogP) is 0.280. The molecule has 1 aliphatic heterocycles. The van der Waals surface area contributed by atoms with Crippen LogP contribution in [0.5, 0.6) is 0 Å². The van der Waals surface area contributed by atoms with E-state index in [4.69, 9.17) is 15.2 Å². The van der Waals surface area contributed by atoms with Gasteiger partial charge in [-0.3, -0.25) is 4.79 Å². The van der Waals surface area contributed by atoms with Crippen molar-refractivity contribution in [2.75, 3.05) is 19.8 Å². The minimum Gasteiger partial charge on any atom is -0.379 e. The molecule has 1 aliphatic rings. The number of carbonyl (C=O) groups excluding carboxylic acids is 1. The van der Waals surface area contributed by atoms with E-state index in [0.29, 0.717) is 13.2 Å². The highest BCUT2D eigenvalue weighted by atomic mass is 16.5. The van der Waals surface area contributed by atoms with E-state index in [2.05, 4.69) is 5.32 Å². The second-order valence-electron chi connectivity index (χ2n) is 5.00. The number of nitrogens with two attached hydrogens (primary N) is 1.